The van der Waals surface area contributed by atoms with Crippen molar-refractivity contribution in [3.05, 3.63) is 62.2 Å². The average molecular weight is 438 g/mol. The Morgan fingerprint density at radius 1 is 1.23 bits per heavy atom. The van der Waals surface area contributed by atoms with Gasteiger partial charge in [0.25, 0.3) is 0 Å². The Morgan fingerprint density at radius 3 is 2.65 bits per heavy atom. The number of carboxylic acid groups (broad SMARTS) is 1. The van der Waals surface area contributed by atoms with E-state index in [9.17, 15) is 14.7 Å². The lowest BCUT2D eigenvalue weighted by Crippen LogP contribution is -2.38. The zero-order chi connectivity index (χ0) is 19.1. The van der Waals surface area contributed by atoms with Gasteiger partial charge in [-0.2, -0.15) is 0 Å². The number of para-hydroxylation sites is 1. The highest BCUT2D eigenvalue weighted by atomic mass is 79.9. The van der Waals surface area contributed by atoms with Gasteiger partial charge in [-0.15, -0.1) is 0 Å². The third-order valence-electron chi connectivity index (χ3n) is 3.80. The largest absolute Gasteiger partial charge is 0.478 e. The zero-order valence-corrected chi connectivity index (χ0v) is 16.2. The molecule has 5 nitrogen and oxygen atoms in total. The molecule has 0 bridgehead atoms. The van der Waals surface area contributed by atoms with E-state index in [1.165, 1.54) is 19.9 Å². The van der Waals surface area contributed by atoms with E-state index in [0.717, 1.165) is 0 Å². The van der Waals surface area contributed by atoms with Crippen molar-refractivity contribution in [1.29, 1.82) is 0 Å². The van der Waals surface area contributed by atoms with E-state index in [0.29, 0.717) is 20.4 Å². The molecule has 0 aliphatic heterocycles. The van der Waals surface area contributed by atoms with E-state index in [4.69, 9.17) is 20.8 Å². The van der Waals surface area contributed by atoms with Crippen LogP contribution in [0, 0.1) is 0 Å². The molecule has 0 aliphatic rings. The van der Waals surface area contributed by atoms with Crippen LogP contribution in [0.15, 0.2) is 56.1 Å². The first-order chi connectivity index (χ1) is 12.2. The summed E-state index contributed by atoms with van der Waals surface area (Å²) in [6.45, 7) is 2.88. The smallest absolute Gasteiger partial charge is 0.347 e. The van der Waals surface area contributed by atoms with Gasteiger partial charge in [-0.25, -0.2) is 4.79 Å². The number of hydrogen-bond acceptors (Lipinski definition) is 4. The second kappa shape index (κ2) is 6.78. The Bertz CT molecular complexity index is 1070. The summed E-state index contributed by atoms with van der Waals surface area (Å²) in [6, 6.07) is 11.3. The molecule has 3 rings (SSSR count). The molecule has 0 saturated heterocycles. The first kappa shape index (κ1) is 18.5. The lowest BCUT2D eigenvalue weighted by atomic mass is 10.1. The summed E-state index contributed by atoms with van der Waals surface area (Å²) in [5.41, 5.74) is -1.01. The molecule has 1 heterocycles. The molecule has 3 aromatic rings. The molecule has 0 spiro atoms. The van der Waals surface area contributed by atoms with Crippen molar-refractivity contribution in [1.82, 2.24) is 0 Å². The molecule has 0 fully saturated rings. The quantitative estimate of drug-likeness (QED) is 0.613. The van der Waals surface area contributed by atoms with E-state index >= 15 is 0 Å². The molecular weight excluding hydrogens is 424 g/mol. The topological polar surface area (TPSA) is 76.7 Å². The number of ether oxygens (including phenoxy) is 1. The molecule has 0 amide bonds. The number of aliphatic carboxylic acids is 1. The Labute approximate surface area is 162 Å². The highest BCUT2D eigenvalue weighted by Crippen LogP contribution is 2.36. The minimum atomic E-state index is -1.47. The van der Waals surface area contributed by atoms with Gasteiger partial charge in [-0.3, -0.25) is 4.79 Å². The van der Waals surface area contributed by atoms with Crippen molar-refractivity contribution in [2.45, 2.75) is 19.4 Å². The van der Waals surface area contributed by atoms with Crippen LogP contribution in [0.5, 0.6) is 5.75 Å². The standard InChI is InChI=1S/C19H14BrClO5/c1-19(2,18(23)24)26-16-8-10(20)6-7-12(16)15-9-14(22)11-4-3-5-13(21)17(11)25-15/h3-9H,1-2H3,(H,23,24). The van der Waals surface area contributed by atoms with Crippen LogP contribution in [0.25, 0.3) is 22.3 Å². The van der Waals surface area contributed by atoms with E-state index in [1.807, 2.05) is 0 Å². The monoisotopic (exact) mass is 436 g/mol. The van der Waals surface area contributed by atoms with Crippen molar-refractivity contribution in [3.8, 4) is 17.1 Å². The van der Waals surface area contributed by atoms with Gasteiger partial charge in [0.1, 0.15) is 11.5 Å². The molecule has 0 aliphatic carbocycles. The van der Waals surface area contributed by atoms with Crippen molar-refractivity contribution in [3.63, 3.8) is 0 Å². The van der Waals surface area contributed by atoms with Gasteiger partial charge in [0.05, 0.1) is 16.0 Å². The van der Waals surface area contributed by atoms with Crippen LogP contribution in [0.1, 0.15) is 13.8 Å². The second-order valence-corrected chi connectivity index (χ2v) is 7.47. The number of halogens is 2. The third kappa shape index (κ3) is 3.48. The summed E-state index contributed by atoms with van der Waals surface area (Å²) < 4.78 is 12.2. The Morgan fingerprint density at radius 2 is 1.96 bits per heavy atom. The van der Waals surface area contributed by atoms with Crippen LogP contribution in [0.2, 0.25) is 5.02 Å². The molecule has 7 heteroatoms. The molecule has 2 aromatic carbocycles. The molecule has 26 heavy (non-hydrogen) atoms. The van der Waals surface area contributed by atoms with Gasteiger partial charge in [0.2, 0.25) is 0 Å². The van der Waals surface area contributed by atoms with Crippen molar-refractivity contribution >= 4 is 44.5 Å². The summed E-state index contributed by atoms with van der Waals surface area (Å²) in [5, 5.41) is 10.0. The predicted molar refractivity (Wildman–Crippen MR) is 103 cm³/mol. The Kier molecular flexibility index (Phi) is 4.82. The lowest BCUT2D eigenvalue weighted by Gasteiger charge is -2.23. The molecule has 0 radical (unpaired) electrons. The minimum absolute atomic E-state index is 0.235. The van der Waals surface area contributed by atoms with Crippen molar-refractivity contribution in [2.75, 3.05) is 0 Å². The lowest BCUT2D eigenvalue weighted by molar-refractivity contribution is -0.152. The Hall–Kier alpha value is -2.31. The maximum Gasteiger partial charge on any atom is 0.347 e. The second-order valence-electron chi connectivity index (χ2n) is 6.15. The first-order valence-electron chi connectivity index (χ1n) is 7.64. The highest BCUT2D eigenvalue weighted by Gasteiger charge is 2.31. The van der Waals surface area contributed by atoms with E-state index < -0.39 is 11.6 Å². The number of fused-ring (bicyclic) bond motifs is 1. The normalized spacial score (nSPS) is 11.5. The van der Waals surface area contributed by atoms with Crippen molar-refractivity contribution < 1.29 is 19.1 Å². The summed E-state index contributed by atoms with van der Waals surface area (Å²) in [4.78, 5) is 23.8. The molecule has 1 N–H and O–H groups in total. The van der Waals surface area contributed by atoms with E-state index in [-0.39, 0.29) is 22.5 Å². The number of carbonyl (C=O) groups is 1. The first-order valence-corrected chi connectivity index (χ1v) is 8.81. The van der Waals surface area contributed by atoms with Gasteiger partial charge in [0, 0.05) is 10.5 Å². The van der Waals surface area contributed by atoms with E-state index in [2.05, 4.69) is 15.9 Å². The van der Waals surface area contributed by atoms with Crippen molar-refractivity contribution in [2.24, 2.45) is 0 Å². The Balaban J connectivity index is 2.22. The maximum atomic E-state index is 12.4. The number of rotatable bonds is 4. The molecule has 134 valence electrons. The fourth-order valence-corrected chi connectivity index (χ4v) is 2.93. The molecule has 1 aromatic heterocycles. The summed E-state index contributed by atoms with van der Waals surface area (Å²) in [7, 11) is 0. The average Bonchev–Trinajstić information content (AvgIpc) is 2.55. The third-order valence-corrected chi connectivity index (χ3v) is 4.59. The zero-order valence-electron chi connectivity index (χ0n) is 13.9. The van der Waals surface area contributed by atoms with Gasteiger partial charge in [-0.1, -0.05) is 33.6 Å². The number of benzene rings is 2. The van der Waals surface area contributed by atoms with Gasteiger partial charge < -0.3 is 14.3 Å². The van der Waals surface area contributed by atoms with Gasteiger partial charge >= 0.3 is 5.97 Å². The van der Waals surface area contributed by atoms with Crippen LogP contribution < -0.4 is 10.2 Å². The fourth-order valence-electron chi connectivity index (χ4n) is 2.38. The minimum Gasteiger partial charge on any atom is -0.478 e. The molecule has 0 saturated carbocycles. The fraction of sp³-hybridized carbons (Fsp3) is 0.158. The van der Waals surface area contributed by atoms with Gasteiger partial charge in [0.15, 0.2) is 16.6 Å². The van der Waals surface area contributed by atoms with E-state index in [1.54, 1.807) is 36.4 Å². The highest BCUT2D eigenvalue weighted by molar-refractivity contribution is 9.10. The van der Waals surface area contributed by atoms with Crippen LogP contribution in [-0.2, 0) is 4.79 Å². The van der Waals surface area contributed by atoms with Gasteiger partial charge in [-0.05, 0) is 44.2 Å². The summed E-state index contributed by atoms with van der Waals surface area (Å²) >= 11 is 9.49. The molecule has 0 atom stereocenters. The number of hydrogen-bond donors (Lipinski definition) is 1. The predicted octanol–water partition coefficient (Wildman–Crippen LogP) is 5.12. The maximum absolute atomic E-state index is 12.4. The van der Waals surface area contributed by atoms with Crippen LogP contribution in [0.3, 0.4) is 0 Å². The van der Waals surface area contributed by atoms with Crippen LogP contribution >= 0.6 is 27.5 Å². The van der Waals surface area contributed by atoms with Crippen LogP contribution in [-0.4, -0.2) is 16.7 Å². The van der Waals surface area contributed by atoms with Crippen LogP contribution in [0.4, 0.5) is 0 Å². The summed E-state index contributed by atoms with van der Waals surface area (Å²) in [5.74, 6) is -0.618. The SMILES string of the molecule is CC(C)(Oc1cc(Br)ccc1-c1cc(=O)c2cccc(Cl)c2o1)C(=O)O. The molecule has 0 unspecified atom stereocenters. The summed E-state index contributed by atoms with van der Waals surface area (Å²) in [6.07, 6.45) is 0. The molecular formula is C19H14BrClO5. The number of carboxylic acids is 1.